The van der Waals surface area contributed by atoms with Crippen molar-refractivity contribution in [2.45, 2.75) is 37.3 Å². The Balaban J connectivity index is 1.99. The lowest BCUT2D eigenvalue weighted by molar-refractivity contribution is 0.0849. The maximum absolute atomic E-state index is 12.6. The standard InChI is InChI=1S/C18H22N4O6S/c1-3-21-17(24)15(16(23)19-11-13-5-4-10-28-13)20-22(18(21)25)12-6-8-14(9-7-12)29(2,26)27/h6-9,13H,3-5,10-11H2,1-2H3,(H,19,23). The van der Waals surface area contributed by atoms with E-state index in [4.69, 9.17) is 4.74 Å². The number of carbonyl (C=O) groups excluding carboxylic acids is 1. The number of nitrogens with zero attached hydrogens (tertiary/aromatic N) is 3. The summed E-state index contributed by atoms with van der Waals surface area (Å²) in [5.74, 6) is -0.700. The molecule has 156 valence electrons. The highest BCUT2D eigenvalue weighted by Gasteiger charge is 2.22. The van der Waals surface area contributed by atoms with Gasteiger partial charge in [-0.05, 0) is 44.0 Å². The highest BCUT2D eigenvalue weighted by atomic mass is 32.2. The Morgan fingerprint density at radius 2 is 1.97 bits per heavy atom. The Kier molecular flexibility index (Phi) is 5.99. The molecule has 3 rings (SSSR count). The van der Waals surface area contributed by atoms with Crippen LogP contribution < -0.4 is 16.6 Å². The van der Waals surface area contributed by atoms with Gasteiger partial charge in [-0.15, -0.1) is 0 Å². The molecule has 0 spiro atoms. The number of carbonyl (C=O) groups is 1. The van der Waals surface area contributed by atoms with Crippen molar-refractivity contribution in [3.63, 3.8) is 0 Å². The quantitative estimate of drug-likeness (QED) is 0.678. The first-order valence-corrected chi connectivity index (χ1v) is 11.1. The molecular weight excluding hydrogens is 400 g/mol. The second-order valence-electron chi connectivity index (χ2n) is 6.70. The van der Waals surface area contributed by atoms with Gasteiger partial charge in [0.15, 0.2) is 9.84 Å². The van der Waals surface area contributed by atoms with Gasteiger partial charge in [-0.1, -0.05) is 0 Å². The predicted octanol–water partition coefficient (Wildman–Crippen LogP) is -0.274. The van der Waals surface area contributed by atoms with Gasteiger partial charge in [0.25, 0.3) is 11.5 Å². The van der Waals surface area contributed by atoms with Crippen LogP contribution in [0.25, 0.3) is 5.69 Å². The lowest BCUT2D eigenvalue weighted by atomic mass is 10.2. The monoisotopic (exact) mass is 422 g/mol. The zero-order valence-electron chi connectivity index (χ0n) is 16.1. The van der Waals surface area contributed by atoms with Crippen LogP contribution in [0.15, 0.2) is 38.8 Å². The molecule has 1 aliphatic heterocycles. The summed E-state index contributed by atoms with van der Waals surface area (Å²) in [4.78, 5) is 37.8. The molecule has 0 radical (unpaired) electrons. The molecule has 1 aliphatic rings. The molecular formula is C18H22N4O6S. The third-order valence-electron chi connectivity index (χ3n) is 4.61. The van der Waals surface area contributed by atoms with Crippen LogP contribution in [-0.2, 0) is 21.1 Å². The molecule has 2 aromatic rings. The summed E-state index contributed by atoms with van der Waals surface area (Å²) in [6.07, 6.45) is 2.69. The second-order valence-corrected chi connectivity index (χ2v) is 8.72. The van der Waals surface area contributed by atoms with Crippen LogP contribution in [0.2, 0.25) is 0 Å². The number of aromatic nitrogens is 3. The van der Waals surface area contributed by atoms with Crippen LogP contribution in [0.3, 0.4) is 0 Å². The number of hydrogen-bond acceptors (Lipinski definition) is 7. The fourth-order valence-corrected chi connectivity index (χ4v) is 3.66. The average molecular weight is 422 g/mol. The molecule has 1 aromatic heterocycles. The zero-order chi connectivity index (χ0) is 21.2. The van der Waals surface area contributed by atoms with E-state index >= 15 is 0 Å². The van der Waals surface area contributed by atoms with Crippen LogP contribution in [0.1, 0.15) is 30.3 Å². The van der Waals surface area contributed by atoms with Gasteiger partial charge in [-0.25, -0.2) is 13.2 Å². The molecule has 11 heteroatoms. The largest absolute Gasteiger partial charge is 0.376 e. The van der Waals surface area contributed by atoms with Crippen molar-refractivity contribution in [1.29, 1.82) is 0 Å². The molecule has 0 saturated carbocycles. The van der Waals surface area contributed by atoms with Crippen molar-refractivity contribution >= 4 is 15.7 Å². The van der Waals surface area contributed by atoms with E-state index in [0.29, 0.717) is 6.61 Å². The zero-order valence-corrected chi connectivity index (χ0v) is 16.9. The minimum atomic E-state index is -3.41. The third kappa shape index (κ3) is 4.46. The molecule has 1 amide bonds. The van der Waals surface area contributed by atoms with Crippen molar-refractivity contribution in [3.8, 4) is 5.69 Å². The predicted molar refractivity (Wildman–Crippen MR) is 104 cm³/mol. The third-order valence-corrected chi connectivity index (χ3v) is 5.74. The van der Waals surface area contributed by atoms with Crippen molar-refractivity contribution in [2.75, 3.05) is 19.4 Å². The Morgan fingerprint density at radius 3 is 2.52 bits per heavy atom. The van der Waals surface area contributed by atoms with Crippen LogP contribution in [-0.4, -0.2) is 54.2 Å². The molecule has 2 heterocycles. The first-order chi connectivity index (χ1) is 13.7. The number of amides is 1. The van der Waals surface area contributed by atoms with Crippen LogP contribution >= 0.6 is 0 Å². The van der Waals surface area contributed by atoms with Gasteiger partial charge in [0.2, 0.25) is 5.69 Å². The summed E-state index contributed by atoms with van der Waals surface area (Å²) in [5.41, 5.74) is -1.69. The lowest BCUT2D eigenvalue weighted by Crippen LogP contribution is -2.46. The molecule has 1 fully saturated rings. The minimum Gasteiger partial charge on any atom is -0.376 e. The summed E-state index contributed by atoms with van der Waals surface area (Å²) in [7, 11) is -3.41. The van der Waals surface area contributed by atoms with Gasteiger partial charge in [-0.2, -0.15) is 9.78 Å². The van der Waals surface area contributed by atoms with E-state index in [1.165, 1.54) is 24.3 Å². The van der Waals surface area contributed by atoms with Crippen LogP contribution in [0.4, 0.5) is 0 Å². The van der Waals surface area contributed by atoms with E-state index in [1.54, 1.807) is 6.92 Å². The van der Waals surface area contributed by atoms with Crippen LogP contribution in [0, 0.1) is 0 Å². The van der Waals surface area contributed by atoms with Crippen molar-refractivity contribution in [2.24, 2.45) is 0 Å². The van der Waals surface area contributed by atoms with E-state index in [9.17, 15) is 22.8 Å². The van der Waals surface area contributed by atoms with E-state index in [0.717, 1.165) is 28.3 Å². The van der Waals surface area contributed by atoms with Crippen molar-refractivity contribution in [3.05, 3.63) is 50.8 Å². The Morgan fingerprint density at radius 1 is 1.28 bits per heavy atom. The topological polar surface area (TPSA) is 129 Å². The number of hydrogen-bond donors (Lipinski definition) is 1. The molecule has 1 atom stereocenters. The molecule has 10 nitrogen and oxygen atoms in total. The molecule has 1 aromatic carbocycles. The van der Waals surface area contributed by atoms with Gasteiger partial charge < -0.3 is 10.1 Å². The van der Waals surface area contributed by atoms with Gasteiger partial charge in [0.05, 0.1) is 16.7 Å². The molecule has 1 N–H and O–H groups in total. The number of sulfone groups is 1. The summed E-state index contributed by atoms with van der Waals surface area (Å²) in [6, 6.07) is 5.45. The van der Waals surface area contributed by atoms with Crippen LogP contribution in [0.5, 0.6) is 0 Å². The SMILES string of the molecule is CCn1c(=O)c(C(=O)NCC2CCCO2)nn(-c2ccc(S(C)(=O)=O)cc2)c1=O. The highest BCUT2D eigenvalue weighted by Crippen LogP contribution is 2.12. The molecule has 0 aliphatic carbocycles. The average Bonchev–Trinajstić information content (AvgIpc) is 3.20. The fraction of sp³-hybridized carbons (Fsp3) is 0.444. The second kappa shape index (κ2) is 8.29. The summed E-state index contributed by atoms with van der Waals surface area (Å²) < 4.78 is 30.5. The first kappa shape index (κ1) is 20.9. The fourth-order valence-electron chi connectivity index (χ4n) is 3.03. The van der Waals surface area contributed by atoms with E-state index in [2.05, 4.69) is 10.4 Å². The van der Waals surface area contributed by atoms with Gasteiger partial charge >= 0.3 is 5.69 Å². The first-order valence-electron chi connectivity index (χ1n) is 9.17. The maximum atomic E-state index is 12.6. The maximum Gasteiger partial charge on any atom is 0.352 e. The molecule has 1 unspecified atom stereocenters. The Bertz CT molecular complexity index is 1130. The Labute approximate surface area is 167 Å². The van der Waals surface area contributed by atoms with Gasteiger partial charge in [-0.3, -0.25) is 14.2 Å². The summed E-state index contributed by atoms with van der Waals surface area (Å²) >= 11 is 0. The van der Waals surface area contributed by atoms with Gasteiger partial charge in [0.1, 0.15) is 0 Å². The Hall–Kier alpha value is -2.79. The number of ether oxygens (including phenoxy) is 1. The van der Waals surface area contributed by atoms with E-state index in [1.807, 2.05) is 0 Å². The summed E-state index contributed by atoms with van der Waals surface area (Å²) in [6.45, 7) is 2.53. The van der Waals surface area contributed by atoms with Crippen molar-refractivity contribution in [1.82, 2.24) is 19.7 Å². The molecule has 29 heavy (non-hydrogen) atoms. The number of benzene rings is 1. The lowest BCUT2D eigenvalue weighted by Gasteiger charge is -2.13. The highest BCUT2D eigenvalue weighted by molar-refractivity contribution is 7.90. The van der Waals surface area contributed by atoms with Crippen molar-refractivity contribution < 1.29 is 17.9 Å². The summed E-state index contributed by atoms with van der Waals surface area (Å²) in [5, 5.41) is 6.58. The normalized spacial score (nSPS) is 16.7. The number of rotatable bonds is 6. The number of nitrogens with one attached hydrogen (secondary N) is 1. The van der Waals surface area contributed by atoms with E-state index < -0.39 is 32.7 Å². The smallest absolute Gasteiger partial charge is 0.352 e. The van der Waals surface area contributed by atoms with E-state index in [-0.39, 0.29) is 29.8 Å². The van der Waals surface area contributed by atoms with Gasteiger partial charge in [0, 0.05) is 26.0 Å². The minimum absolute atomic E-state index is 0.0492. The molecule has 0 bridgehead atoms. The molecule has 1 saturated heterocycles.